The van der Waals surface area contributed by atoms with E-state index in [0.717, 1.165) is 56.6 Å². The summed E-state index contributed by atoms with van der Waals surface area (Å²) in [6.45, 7) is 6.32. The van der Waals surface area contributed by atoms with Crippen LogP contribution in [0.1, 0.15) is 66.1 Å². The molecule has 1 saturated carbocycles. The van der Waals surface area contributed by atoms with Gasteiger partial charge in [-0.2, -0.15) is 15.1 Å². The highest BCUT2D eigenvalue weighted by Crippen LogP contribution is 2.47. The Morgan fingerprint density at radius 2 is 1.98 bits per heavy atom. The average molecular weight is 740 g/mol. The Labute approximate surface area is 311 Å². The van der Waals surface area contributed by atoms with Crippen molar-refractivity contribution in [1.82, 2.24) is 19.7 Å². The number of aromatic nitrogens is 4. The number of aryl methyl sites for hydroxylation is 3. The van der Waals surface area contributed by atoms with Gasteiger partial charge in [0.1, 0.15) is 15.7 Å². The Bertz CT molecular complexity index is 2210. The third kappa shape index (κ3) is 6.89. The lowest BCUT2D eigenvalue weighted by Crippen LogP contribution is -2.49. The normalized spacial score (nSPS) is 29.2. The molecule has 1 unspecified atom stereocenters. The largest absolute Gasteiger partial charge is 0.490 e. The number of hydrogen-bond acceptors (Lipinski definition) is 9. The first-order valence-electron chi connectivity index (χ1n) is 18.7. The van der Waals surface area contributed by atoms with Crippen LogP contribution in [0.15, 0.2) is 59.1 Å². The number of fused-ring (bicyclic) bond motifs is 5. The standard InChI is InChI=1S/C40H49N7O5S/c1-25-11-15-32-27(18-25)9-7-17-40(32)23-47-20-29-12-14-30(29)34(50-4)10-6-8-26(2)22-53(49,45-38(48)28-13-16-35(52-24-40)33(47)19-28)44-37-31-21-46(3)43-36(31)41-39(42-37)51-5/h6,10-11,13,15-16,18-19,21,26,29-30,34H,7-9,12,14,17,20,22-24H2,1-5H3,(H,41,42,43,44,45,48,49)/b10-6+/t26-,29-,30+,34-,40-,53?/m0/s1. The van der Waals surface area contributed by atoms with Crippen LogP contribution in [-0.2, 0) is 33.5 Å². The molecule has 0 saturated heterocycles. The number of benzene rings is 2. The van der Waals surface area contributed by atoms with Gasteiger partial charge >= 0.3 is 6.01 Å². The van der Waals surface area contributed by atoms with Gasteiger partial charge < -0.3 is 19.1 Å². The van der Waals surface area contributed by atoms with E-state index in [0.29, 0.717) is 41.5 Å². The molecule has 2 aromatic heterocycles. The van der Waals surface area contributed by atoms with Crippen molar-refractivity contribution in [2.45, 2.75) is 63.9 Å². The summed E-state index contributed by atoms with van der Waals surface area (Å²) in [5.74, 6) is 1.21. The highest BCUT2D eigenvalue weighted by atomic mass is 32.2. The van der Waals surface area contributed by atoms with Gasteiger partial charge in [-0.25, -0.2) is 4.21 Å². The average Bonchev–Trinajstić information content (AvgIpc) is 3.43. The summed E-state index contributed by atoms with van der Waals surface area (Å²) in [5, 5.41) is 4.94. The van der Waals surface area contributed by atoms with E-state index in [1.165, 1.54) is 23.8 Å². The Morgan fingerprint density at radius 1 is 1.11 bits per heavy atom. The number of carbonyl (C=O) groups excluding carboxylic acids is 1. The quantitative estimate of drug-likeness (QED) is 0.235. The molecule has 13 heteroatoms. The van der Waals surface area contributed by atoms with Crippen LogP contribution in [0.4, 0.5) is 11.5 Å². The van der Waals surface area contributed by atoms with Crippen LogP contribution in [0.25, 0.3) is 11.0 Å². The van der Waals surface area contributed by atoms with Crippen LogP contribution in [0.3, 0.4) is 0 Å². The molecule has 1 amide bonds. The van der Waals surface area contributed by atoms with Crippen LogP contribution in [0.5, 0.6) is 11.8 Å². The summed E-state index contributed by atoms with van der Waals surface area (Å²) in [6, 6.07) is 12.5. The molecule has 53 heavy (non-hydrogen) atoms. The van der Waals surface area contributed by atoms with Crippen LogP contribution >= 0.6 is 0 Å². The molecule has 280 valence electrons. The zero-order valence-corrected chi connectivity index (χ0v) is 32.0. The fourth-order valence-corrected chi connectivity index (χ4v) is 10.8. The molecular weight excluding hydrogens is 691 g/mol. The first kappa shape index (κ1) is 35.5. The zero-order chi connectivity index (χ0) is 36.9. The maximum absolute atomic E-state index is 15.0. The number of amides is 1. The summed E-state index contributed by atoms with van der Waals surface area (Å²) in [7, 11) is 1.60. The van der Waals surface area contributed by atoms with E-state index in [1.54, 1.807) is 31.1 Å². The number of nitrogens with zero attached hydrogens (tertiary/aromatic N) is 6. The van der Waals surface area contributed by atoms with E-state index in [4.69, 9.17) is 14.2 Å². The van der Waals surface area contributed by atoms with Crippen LogP contribution in [-0.4, -0.2) is 75.6 Å². The van der Waals surface area contributed by atoms with Gasteiger partial charge in [0.2, 0.25) is 0 Å². The lowest BCUT2D eigenvalue weighted by Gasteiger charge is -2.46. The second kappa shape index (κ2) is 14.1. The van der Waals surface area contributed by atoms with Gasteiger partial charge in [-0.1, -0.05) is 42.8 Å². The number of ether oxygens (including phenoxy) is 3. The van der Waals surface area contributed by atoms with Crippen molar-refractivity contribution in [3.63, 3.8) is 0 Å². The Balaban J connectivity index is 1.23. The molecule has 0 radical (unpaired) electrons. The molecule has 1 spiro atoms. The summed E-state index contributed by atoms with van der Waals surface area (Å²) in [5.41, 5.74) is 5.45. The predicted molar refractivity (Wildman–Crippen MR) is 206 cm³/mol. The second-order valence-corrected chi connectivity index (χ2v) is 17.5. The number of methoxy groups -OCH3 is 2. The summed E-state index contributed by atoms with van der Waals surface area (Å²) in [6.07, 6.45) is 12.0. The molecule has 4 aromatic rings. The Kier molecular flexibility index (Phi) is 9.42. The van der Waals surface area contributed by atoms with E-state index in [-0.39, 0.29) is 35.0 Å². The minimum atomic E-state index is -3.42. The monoisotopic (exact) mass is 739 g/mol. The fourth-order valence-electron chi connectivity index (χ4n) is 8.85. The second-order valence-electron chi connectivity index (χ2n) is 15.5. The summed E-state index contributed by atoms with van der Waals surface area (Å²) < 4.78 is 42.3. The molecule has 4 heterocycles. The van der Waals surface area contributed by atoms with Gasteiger partial charge in [0.25, 0.3) is 5.91 Å². The molecule has 2 aromatic carbocycles. The third-order valence-corrected chi connectivity index (χ3v) is 13.6. The molecule has 1 N–H and O–H groups in total. The summed E-state index contributed by atoms with van der Waals surface area (Å²) >= 11 is 0. The van der Waals surface area contributed by atoms with E-state index < -0.39 is 15.8 Å². The highest BCUT2D eigenvalue weighted by molar-refractivity contribution is 7.95. The van der Waals surface area contributed by atoms with Gasteiger partial charge in [0, 0.05) is 44.4 Å². The van der Waals surface area contributed by atoms with Crippen molar-refractivity contribution in [2.75, 3.05) is 49.3 Å². The molecule has 2 aliphatic heterocycles. The summed E-state index contributed by atoms with van der Waals surface area (Å²) in [4.78, 5) is 25.5. The highest BCUT2D eigenvalue weighted by Gasteiger charge is 2.44. The SMILES string of the molecule is COc1nc(NS2(=O)=NC(=O)c3ccc4c(c3)N(C[C@@H]3CC[C@H]3[C@@H](OC)/C=C/C[C@H](C)C2)C[C@@]2(CCCc3cc(C)ccc32)CO4)c2cn(C)nc2n1. The van der Waals surface area contributed by atoms with Crippen LogP contribution in [0.2, 0.25) is 0 Å². The predicted octanol–water partition coefficient (Wildman–Crippen LogP) is 6.43. The van der Waals surface area contributed by atoms with Gasteiger partial charge in [-0.15, -0.1) is 4.36 Å². The molecule has 1 fully saturated rings. The molecule has 8 rings (SSSR count). The molecule has 2 aliphatic carbocycles. The fraction of sp³-hybridized carbons (Fsp3) is 0.500. The van der Waals surface area contributed by atoms with E-state index in [2.05, 4.69) is 66.3 Å². The topological polar surface area (TPSA) is 133 Å². The maximum Gasteiger partial charge on any atom is 0.320 e. The zero-order valence-electron chi connectivity index (χ0n) is 31.2. The molecule has 4 aliphatic rings. The number of carbonyl (C=O) groups is 1. The maximum atomic E-state index is 15.0. The Morgan fingerprint density at radius 3 is 2.77 bits per heavy atom. The lowest BCUT2D eigenvalue weighted by atomic mass is 9.68. The van der Waals surface area contributed by atoms with Crippen molar-refractivity contribution >= 4 is 38.4 Å². The van der Waals surface area contributed by atoms with Gasteiger partial charge in [0.15, 0.2) is 11.5 Å². The number of allylic oxidation sites excluding steroid dienone is 1. The van der Waals surface area contributed by atoms with Gasteiger partial charge in [-0.05, 0) is 92.5 Å². The van der Waals surface area contributed by atoms with Crippen molar-refractivity contribution in [3.05, 3.63) is 77.0 Å². The van der Waals surface area contributed by atoms with Gasteiger partial charge in [-0.3, -0.25) is 14.2 Å². The van der Waals surface area contributed by atoms with Crippen LogP contribution in [0, 0.1) is 24.7 Å². The molecule has 6 atom stereocenters. The van der Waals surface area contributed by atoms with E-state index in [9.17, 15) is 9.00 Å². The minimum Gasteiger partial charge on any atom is -0.490 e. The minimum absolute atomic E-state index is 0.0312. The van der Waals surface area contributed by atoms with Crippen LogP contribution < -0.4 is 19.1 Å². The molecular formula is C40H49N7O5S. The van der Waals surface area contributed by atoms with Crippen molar-refractivity contribution in [3.8, 4) is 11.8 Å². The number of anilines is 2. The van der Waals surface area contributed by atoms with Gasteiger partial charge in [0.05, 0.1) is 36.6 Å². The number of nitrogens with one attached hydrogen (secondary N) is 1. The number of rotatable bonds is 4. The van der Waals surface area contributed by atoms with E-state index in [1.807, 2.05) is 19.1 Å². The smallest absolute Gasteiger partial charge is 0.320 e. The molecule has 2 bridgehead atoms. The third-order valence-electron chi connectivity index (χ3n) is 11.6. The Hall–Kier alpha value is -4.49. The first-order chi connectivity index (χ1) is 25.5. The lowest BCUT2D eigenvalue weighted by molar-refractivity contribution is 0.0131. The van der Waals surface area contributed by atoms with Crippen molar-refractivity contribution < 1.29 is 23.2 Å². The number of hydrogen-bond donors (Lipinski definition) is 1. The first-order valence-corrected chi connectivity index (χ1v) is 20.4. The molecule has 12 nitrogen and oxygen atoms in total. The van der Waals surface area contributed by atoms with Crippen molar-refractivity contribution in [2.24, 2.45) is 29.2 Å². The van der Waals surface area contributed by atoms with E-state index >= 15 is 0 Å². The van der Waals surface area contributed by atoms with Crippen molar-refractivity contribution in [1.29, 1.82) is 0 Å².